The third kappa shape index (κ3) is 3.46. The summed E-state index contributed by atoms with van der Waals surface area (Å²) in [6.45, 7) is 8.29. The van der Waals surface area contributed by atoms with Gasteiger partial charge in [0.15, 0.2) is 5.13 Å². The lowest BCUT2D eigenvalue weighted by Gasteiger charge is -2.14. The van der Waals surface area contributed by atoms with Gasteiger partial charge in [0.05, 0.1) is 5.69 Å². The molecule has 0 saturated heterocycles. The van der Waals surface area contributed by atoms with E-state index in [-0.39, 0.29) is 11.3 Å². The predicted molar refractivity (Wildman–Crippen MR) is 87.6 cm³/mol. The molecular weight excluding hydrogens is 336 g/mol. The van der Waals surface area contributed by atoms with Gasteiger partial charge in [-0.15, -0.1) is 11.3 Å². The van der Waals surface area contributed by atoms with E-state index in [1.807, 2.05) is 30.5 Å². The van der Waals surface area contributed by atoms with Crippen LogP contribution in [0.25, 0.3) is 0 Å². The summed E-state index contributed by atoms with van der Waals surface area (Å²) in [5.41, 5.74) is 2.70. The van der Waals surface area contributed by atoms with Crippen molar-refractivity contribution in [2.45, 2.75) is 33.1 Å². The lowest BCUT2D eigenvalue weighted by atomic mass is 9.93. The van der Waals surface area contributed by atoms with Crippen molar-refractivity contribution in [3.8, 4) is 0 Å². The molecule has 0 spiro atoms. The van der Waals surface area contributed by atoms with Gasteiger partial charge < -0.3 is 0 Å². The zero-order valence-corrected chi connectivity index (χ0v) is 14.4. The molecule has 0 aliphatic heterocycles. The van der Waals surface area contributed by atoms with Gasteiger partial charge in [-0.05, 0) is 24.6 Å². The number of nitrogens with zero attached hydrogens (tertiary/aromatic N) is 1. The van der Waals surface area contributed by atoms with E-state index < -0.39 is 0 Å². The number of amides is 1. The molecule has 5 heteroatoms. The molecular formula is C15H17BrN2OS. The van der Waals surface area contributed by atoms with Gasteiger partial charge in [-0.2, -0.15) is 0 Å². The Balaban J connectivity index is 2.15. The number of benzene rings is 1. The van der Waals surface area contributed by atoms with Gasteiger partial charge in [-0.3, -0.25) is 10.1 Å². The maximum Gasteiger partial charge on any atom is 0.257 e. The Labute approximate surface area is 131 Å². The highest BCUT2D eigenvalue weighted by molar-refractivity contribution is 9.10. The van der Waals surface area contributed by atoms with E-state index in [0.717, 1.165) is 15.7 Å². The maximum atomic E-state index is 12.2. The average Bonchev–Trinajstić information content (AvgIpc) is 2.81. The van der Waals surface area contributed by atoms with Crippen LogP contribution in [0.1, 0.15) is 42.4 Å². The molecule has 3 nitrogen and oxygen atoms in total. The first kappa shape index (κ1) is 15.2. The molecule has 0 aliphatic rings. The highest BCUT2D eigenvalue weighted by Gasteiger charge is 2.18. The average molecular weight is 353 g/mol. The van der Waals surface area contributed by atoms with Gasteiger partial charge in [-0.25, -0.2) is 4.98 Å². The van der Waals surface area contributed by atoms with Crippen LogP contribution in [0.4, 0.5) is 5.13 Å². The van der Waals surface area contributed by atoms with Crippen LogP contribution in [0.3, 0.4) is 0 Å². The van der Waals surface area contributed by atoms with Crippen LogP contribution in [0.5, 0.6) is 0 Å². The van der Waals surface area contributed by atoms with Gasteiger partial charge in [0.25, 0.3) is 5.91 Å². The predicted octanol–water partition coefficient (Wildman–Crippen LogP) is 4.76. The summed E-state index contributed by atoms with van der Waals surface area (Å²) in [6.07, 6.45) is 0. The Kier molecular flexibility index (Phi) is 4.30. The van der Waals surface area contributed by atoms with Crippen LogP contribution >= 0.6 is 27.3 Å². The quantitative estimate of drug-likeness (QED) is 0.846. The lowest BCUT2D eigenvalue weighted by molar-refractivity contribution is 0.102. The van der Waals surface area contributed by atoms with Crippen molar-refractivity contribution < 1.29 is 4.79 Å². The van der Waals surface area contributed by atoms with E-state index in [9.17, 15) is 4.79 Å². The molecule has 0 atom stereocenters. The van der Waals surface area contributed by atoms with E-state index >= 15 is 0 Å². The van der Waals surface area contributed by atoms with E-state index in [1.165, 1.54) is 11.3 Å². The molecule has 1 N–H and O–H groups in total. The Hall–Kier alpha value is -1.20. The Morgan fingerprint density at radius 2 is 2.05 bits per heavy atom. The largest absolute Gasteiger partial charge is 0.298 e. The van der Waals surface area contributed by atoms with Crippen LogP contribution in [0.15, 0.2) is 28.1 Å². The first-order chi connectivity index (χ1) is 9.27. The molecule has 20 heavy (non-hydrogen) atoms. The van der Waals surface area contributed by atoms with Crippen LogP contribution in [0.2, 0.25) is 0 Å². The minimum atomic E-state index is -0.138. The molecule has 1 amide bonds. The SMILES string of the molecule is Cc1ccc(C(=O)Nc2nc(C(C)(C)C)cs2)cc1Br. The summed E-state index contributed by atoms with van der Waals surface area (Å²) < 4.78 is 0.930. The van der Waals surface area contributed by atoms with Crippen LogP contribution < -0.4 is 5.32 Å². The molecule has 0 radical (unpaired) electrons. The van der Waals surface area contributed by atoms with Gasteiger partial charge in [0, 0.05) is 20.8 Å². The molecule has 1 aromatic heterocycles. The Morgan fingerprint density at radius 1 is 1.35 bits per heavy atom. The zero-order chi connectivity index (χ0) is 14.9. The fourth-order valence-electron chi connectivity index (χ4n) is 1.58. The first-order valence-electron chi connectivity index (χ1n) is 6.31. The molecule has 2 rings (SSSR count). The molecule has 1 aromatic carbocycles. The second-order valence-corrected chi connectivity index (χ2v) is 7.42. The summed E-state index contributed by atoms with van der Waals surface area (Å²) >= 11 is 4.89. The summed E-state index contributed by atoms with van der Waals surface area (Å²) in [7, 11) is 0. The summed E-state index contributed by atoms with van der Waals surface area (Å²) in [5, 5.41) is 5.47. The number of aromatic nitrogens is 1. The fraction of sp³-hybridized carbons (Fsp3) is 0.333. The maximum absolute atomic E-state index is 12.2. The van der Waals surface area contributed by atoms with Crippen molar-refractivity contribution in [2.75, 3.05) is 5.32 Å². The van der Waals surface area contributed by atoms with Gasteiger partial charge in [-0.1, -0.05) is 42.8 Å². The fourth-order valence-corrected chi connectivity index (χ4v) is 2.89. The number of hydrogen-bond acceptors (Lipinski definition) is 3. The molecule has 1 heterocycles. The third-order valence-electron chi connectivity index (χ3n) is 2.93. The standard InChI is InChI=1S/C15H17BrN2OS/c1-9-5-6-10(7-11(9)16)13(19)18-14-17-12(8-20-14)15(2,3)4/h5-8H,1-4H3,(H,17,18,19). The van der Waals surface area contributed by atoms with Gasteiger partial charge in [0.1, 0.15) is 0 Å². The molecule has 0 bridgehead atoms. The molecule has 0 unspecified atom stereocenters. The van der Waals surface area contributed by atoms with Crippen molar-refractivity contribution in [1.29, 1.82) is 0 Å². The smallest absolute Gasteiger partial charge is 0.257 e. The number of rotatable bonds is 2. The topological polar surface area (TPSA) is 42.0 Å². The number of aryl methyl sites for hydroxylation is 1. The second kappa shape index (κ2) is 5.66. The van der Waals surface area contributed by atoms with Crippen molar-refractivity contribution in [1.82, 2.24) is 4.98 Å². The van der Waals surface area contributed by atoms with Crippen molar-refractivity contribution in [3.05, 3.63) is 44.9 Å². The van der Waals surface area contributed by atoms with E-state index in [0.29, 0.717) is 10.7 Å². The summed E-state index contributed by atoms with van der Waals surface area (Å²) in [6, 6.07) is 5.55. The molecule has 0 fully saturated rings. The number of thiazole rings is 1. The van der Waals surface area contributed by atoms with E-state index in [2.05, 4.69) is 47.0 Å². The highest BCUT2D eigenvalue weighted by atomic mass is 79.9. The van der Waals surface area contributed by atoms with Crippen molar-refractivity contribution in [3.63, 3.8) is 0 Å². The number of carbonyl (C=O) groups excluding carboxylic acids is 1. The number of anilines is 1. The highest BCUT2D eigenvalue weighted by Crippen LogP contribution is 2.27. The van der Waals surface area contributed by atoms with Crippen LogP contribution in [-0.4, -0.2) is 10.9 Å². The number of nitrogens with one attached hydrogen (secondary N) is 1. The number of carbonyl (C=O) groups is 1. The molecule has 0 aliphatic carbocycles. The minimum Gasteiger partial charge on any atom is -0.298 e. The monoisotopic (exact) mass is 352 g/mol. The molecule has 106 valence electrons. The Morgan fingerprint density at radius 3 is 2.60 bits per heavy atom. The minimum absolute atomic E-state index is 0.00757. The number of halogens is 1. The summed E-state index contributed by atoms with van der Waals surface area (Å²) in [4.78, 5) is 16.6. The molecule has 0 saturated carbocycles. The van der Waals surface area contributed by atoms with Gasteiger partial charge in [0.2, 0.25) is 0 Å². The van der Waals surface area contributed by atoms with Crippen LogP contribution in [0, 0.1) is 6.92 Å². The Bertz CT molecular complexity index is 644. The number of hydrogen-bond donors (Lipinski definition) is 1. The zero-order valence-electron chi connectivity index (χ0n) is 12.0. The summed E-state index contributed by atoms with van der Waals surface area (Å²) in [5.74, 6) is -0.138. The first-order valence-corrected chi connectivity index (χ1v) is 7.98. The lowest BCUT2D eigenvalue weighted by Crippen LogP contribution is -2.14. The van der Waals surface area contributed by atoms with E-state index in [4.69, 9.17) is 0 Å². The normalized spacial score (nSPS) is 11.4. The van der Waals surface area contributed by atoms with Crippen molar-refractivity contribution in [2.24, 2.45) is 0 Å². The second-order valence-electron chi connectivity index (χ2n) is 5.71. The third-order valence-corrected chi connectivity index (χ3v) is 4.54. The van der Waals surface area contributed by atoms with E-state index in [1.54, 1.807) is 0 Å². The van der Waals surface area contributed by atoms with Crippen molar-refractivity contribution >= 4 is 38.3 Å². The molecule has 2 aromatic rings. The van der Waals surface area contributed by atoms with Crippen LogP contribution in [-0.2, 0) is 5.41 Å². The van der Waals surface area contributed by atoms with Gasteiger partial charge >= 0.3 is 0 Å².